The number of benzene rings is 1. The van der Waals surface area contributed by atoms with Crippen LogP contribution in [0.15, 0.2) is 21.5 Å². The molecule has 0 radical (unpaired) electrons. The van der Waals surface area contributed by atoms with E-state index in [4.69, 9.17) is 5.11 Å². The van der Waals surface area contributed by atoms with Crippen molar-refractivity contribution in [2.75, 3.05) is 18.9 Å². The molecule has 0 saturated carbocycles. The maximum absolute atomic E-state index is 11.7. The van der Waals surface area contributed by atoms with Crippen LogP contribution in [0.25, 0.3) is 0 Å². The van der Waals surface area contributed by atoms with Crippen LogP contribution >= 0.6 is 27.7 Å². The lowest BCUT2D eigenvalue weighted by Crippen LogP contribution is -2.30. The zero-order valence-electron chi connectivity index (χ0n) is 11.5. The summed E-state index contributed by atoms with van der Waals surface area (Å²) in [5, 5.41) is 11.7. The van der Waals surface area contributed by atoms with Crippen LogP contribution < -0.4 is 5.32 Å². The highest BCUT2D eigenvalue weighted by atomic mass is 79.9. The molecule has 0 aliphatic rings. The number of hydrogen-bond acceptors (Lipinski definition) is 3. The molecular weight excluding hydrogens is 326 g/mol. The standard InChI is InChI=1S/C14H20BrNO2S/c1-9(7-17)6-16-14(18)8-19-13-5-10(2)12(15)4-11(13)3/h4-5,9,17H,6-8H2,1-3H3,(H,16,18). The number of hydrogen-bond donors (Lipinski definition) is 2. The first-order valence-electron chi connectivity index (χ1n) is 6.21. The van der Waals surface area contributed by atoms with Crippen molar-refractivity contribution in [3.8, 4) is 0 Å². The van der Waals surface area contributed by atoms with Crippen LogP contribution in [0.1, 0.15) is 18.1 Å². The molecule has 0 spiro atoms. The van der Waals surface area contributed by atoms with Crippen molar-refractivity contribution >= 4 is 33.6 Å². The van der Waals surface area contributed by atoms with Gasteiger partial charge in [-0.05, 0) is 43.0 Å². The molecule has 0 aromatic heterocycles. The largest absolute Gasteiger partial charge is 0.396 e. The van der Waals surface area contributed by atoms with Crippen molar-refractivity contribution in [1.82, 2.24) is 5.32 Å². The van der Waals surface area contributed by atoms with E-state index in [0.29, 0.717) is 12.3 Å². The highest BCUT2D eigenvalue weighted by molar-refractivity contribution is 9.10. The van der Waals surface area contributed by atoms with Crippen LogP contribution in [0.2, 0.25) is 0 Å². The molecule has 1 amide bonds. The van der Waals surface area contributed by atoms with Gasteiger partial charge in [0.25, 0.3) is 0 Å². The van der Waals surface area contributed by atoms with Crippen molar-refractivity contribution in [2.45, 2.75) is 25.7 Å². The number of thioether (sulfide) groups is 1. The van der Waals surface area contributed by atoms with Crippen LogP contribution in [0.5, 0.6) is 0 Å². The molecule has 0 bridgehead atoms. The summed E-state index contributed by atoms with van der Waals surface area (Å²) >= 11 is 5.04. The van der Waals surface area contributed by atoms with Gasteiger partial charge in [-0.2, -0.15) is 0 Å². The molecule has 1 atom stereocenters. The first-order valence-corrected chi connectivity index (χ1v) is 7.99. The zero-order chi connectivity index (χ0) is 14.4. The molecule has 1 rings (SSSR count). The number of carbonyl (C=O) groups is 1. The summed E-state index contributed by atoms with van der Waals surface area (Å²) in [6.45, 7) is 6.59. The second-order valence-electron chi connectivity index (χ2n) is 4.75. The van der Waals surface area contributed by atoms with Gasteiger partial charge in [-0.3, -0.25) is 4.79 Å². The Hall–Kier alpha value is -0.520. The van der Waals surface area contributed by atoms with Gasteiger partial charge in [-0.1, -0.05) is 22.9 Å². The van der Waals surface area contributed by atoms with Crippen LogP contribution in [0.4, 0.5) is 0 Å². The van der Waals surface area contributed by atoms with E-state index >= 15 is 0 Å². The molecule has 2 N–H and O–H groups in total. The third-order valence-electron chi connectivity index (χ3n) is 2.77. The van der Waals surface area contributed by atoms with Gasteiger partial charge in [-0.25, -0.2) is 0 Å². The van der Waals surface area contributed by atoms with E-state index in [1.54, 1.807) is 11.8 Å². The van der Waals surface area contributed by atoms with E-state index in [9.17, 15) is 4.79 Å². The summed E-state index contributed by atoms with van der Waals surface area (Å²) in [6, 6.07) is 4.16. The minimum Gasteiger partial charge on any atom is -0.396 e. The number of halogens is 1. The van der Waals surface area contributed by atoms with Gasteiger partial charge in [0, 0.05) is 22.5 Å². The highest BCUT2D eigenvalue weighted by Gasteiger charge is 2.08. The quantitative estimate of drug-likeness (QED) is 0.779. The fourth-order valence-electron chi connectivity index (χ4n) is 1.46. The van der Waals surface area contributed by atoms with Gasteiger partial charge in [-0.15, -0.1) is 11.8 Å². The van der Waals surface area contributed by atoms with Gasteiger partial charge < -0.3 is 10.4 Å². The molecule has 0 aliphatic carbocycles. The number of rotatable bonds is 6. The Kier molecular flexibility index (Phi) is 6.89. The molecule has 106 valence electrons. The molecule has 3 nitrogen and oxygen atoms in total. The Morgan fingerprint density at radius 2 is 2.11 bits per heavy atom. The van der Waals surface area contributed by atoms with Gasteiger partial charge >= 0.3 is 0 Å². The lowest BCUT2D eigenvalue weighted by atomic mass is 10.2. The van der Waals surface area contributed by atoms with Crippen molar-refractivity contribution in [1.29, 1.82) is 0 Å². The molecule has 0 aliphatic heterocycles. The van der Waals surface area contributed by atoms with E-state index in [1.807, 2.05) is 20.8 Å². The molecule has 1 unspecified atom stereocenters. The Morgan fingerprint density at radius 1 is 1.42 bits per heavy atom. The topological polar surface area (TPSA) is 49.3 Å². The van der Waals surface area contributed by atoms with Gasteiger partial charge in [0.05, 0.1) is 5.75 Å². The van der Waals surface area contributed by atoms with E-state index < -0.39 is 0 Å². The molecular formula is C14H20BrNO2S. The zero-order valence-corrected chi connectivity index (χ0v) is 13.9. The predicted molar refractivity (Wildman–Crippen MR) is 83.6 cm³/mol. The molecule has 1 aromatic rings. The molecule has 1 aromatic carbocycles. The normalized spacial score (nSPS) is 12.3. The predicted octanol–water partition coefficient (Wildman–Crippen LogP) is 2.90. The van der Waals surface area contributed by atoms with Gasteiger partial charge in [0.2, 0.25) is 5.91 Å². The highest BCUT2D eigenvalue weighted by Crippen LogP contribution is 2.28. The van der Waals surface area contributed by atoms with Crippen LogP contribution in [-0.4, -0.2) is 29.9 Å². The third kappa shape index (κ3) is 5.55. The smallest absolute Gasteiger partial charge is 0.230 e. The molecule has 5 heteroatoms. The van der Waals surface area contributed by atoms with Crippen LogP contribution in [-0.2, 0) is 4.79 Å². The van der Waals surface area contributed by atoms with Crippen molar-refractivity contribution < 1.29 is 9.90 Å². The Morgan fingerprint density at radius 3 is 2.74 bits per heavy atom. The Labute approximate surface area is 127 Å². The molecule has 0 fully saturated rings. The number of carbonyl (C=O) groups excluding carboxylic acids is 1. The average Bonchev–Trinajstić information content (AvgIpc) is 2.38. The van der Waals surface area contributed by atoms with Crippen molar-refractivity contribution in [3.63, 3.8) is 0 Å². The summed E-state index contributed by atoms with van der Waals surface area (Å²) in [5.41, 5.74) is 2.33. The first kappa shape index (κ1) is 16.5. The number of aliphatic hydroxyl groups is 1. The van der Waals surface area contributed by atoms with E-state index in [-0.39, 0.29) is 18.4 Å². The lowest BCUT2D eigenvalue weighted by Gasteiger charge is -2.11. The second-order valence-corrected chi connectivity index (χ2v) is 6.62. The summed E-state index contributed by atoms with van der Waals surface area (Å²) in [5.74, 6) is 0.510. The maximum Gasteiger partial charge on any atom is 0.230 e. The SMILES string of the molecule is Cc1cc(SCC(=O)NCC(C)CO)c(C)cc1Br. The minimum atomic E-state index is 0.00488. The Bertz CT molecular complexity index is 451. The fourth-order valence-corrected chi connectivity index (χ4v) is 2.85. The van der Waals surface area contributed by atoms with Crippen LogP contribution in [0.3, 0.4) is 0 Å². The lowest BCUT2D eigenvalue weighted by molar-refractivity contribution is -0.118. The van der Waals surface area contributed by atoms with Gasteiger partial charge in [0.15, 0.2) is 0 Å². The Balaban J connectivity index is 2.48. The van der Waals surface area contributed by atoms with Crippen LogP contribution in [0, 0.1) is 19.8 Å². The summed E-state index contributed by atoms with van der Waals surface area (Å²) in [4.78, 5) is 12.8. The third-order valence-corrected chi connectivity index (χ3v) is 4.79. The first-order chi connectivity index (χ1) is 8.93. The van der Waals surface area contributed by atoms with E-state index in [2.05, 4.69) is 33.4 Å². The fraction of sp³-hybridized carbons (Fsp3) is 0.500. The van der Waals surface area contributed by atoms with E-state index in [1.165, 1.54) is 11.1 Å². The number of aliphatic hydroxyl groups excluding tert-OH is 1. The monoisotopic (exact) mass is 345 g/mol. The number of nitrogens with one attached hydrogen (secondary N) is 1. The summed E-state index contributed by atoms with van der Waals surface area (Å²) in [7, 11) is 0. The molecule has 0 saturated heterocycles. The molecule has 19 heavy (non-hydrogen) atoms. The minimum absolute atomic E-state index is 0.00488. The average molecular weight is 346 g/mol. The van der Waals surface area contributed by atoms with E-state index in [0.717, 1.165) is 9.37 Å². The maximum atomic E-state index is 11.7. The molecule has 0 heterocycles. The second kappa shape index (κ2) is 7.92. The van der Waals surface area contributed by atoms with Gasteiger partial charge in [0.1, 0.15) is 0 Å². The number of amides is 1. The summed E-state index contributed by atoms with van der Waals surface area (Å²) < 4.78 is 1.09. The number of aryl methyl sites for hydroxylation is 2. The summed E-state index contributed by atoms with van der Waals surface area (Å²) in [6.07, 6.45) is 0. The van der Waals surface area contributed by atoms with Crippen molar-refractivity contribution in [2.24, 2.45) is 5.92 Å². The van der Waals surface area contributed by atoms with Crippen molar-refractivity contribution in [3.05, 3.63) is 27.7 Å².